The number of aromatic nitrogens is 6. The predicted octanol–water partition coefficient (Wildman–Crippen LogP) is 13.9. The Bertz CT molecular complexity index is 4070. The van der Waals surface area contributed by atoms with Crippen molar-refractivity contribution in [3.63, 3.8) is 0 Å². The van der Waals surface area contributed by atoms with Crippen molar-refractivity contribution < 1.29 is 40.6 Å². The molecule has 2 fully saturated rings. The van der Waals surface area contributed by atoms with Gasteiger partial charge in [-0.25, -0.2) is 9.59 Å². The second-order valence-corrected chi connectivity index (χ2v) is 82.3. The maximum absolute atomic E-state index is 12.5. The van der Waals surface area contributed by atoms with E-state index in [1.54, 1.807) is 36.4 Å². The molecule has 0 spiro atoms. The average molecular weight is 1800 g/mol. The van der Waals surface area contributed by atoms with Crippen molar-refractivity contribution in [1.82, 2.24) is 40.6 Å². The van der Waals surface area contributed by atoms with Gasteiger partial charge in [-0.1, -0.05) is 58.8 Å². The van der Waals surface area contributed by atoms with Gasteiger partial charge in [0, 0.05) is 110 Å². The number of amides is 6. The van der Waals surface area contributed by atoms with Gasteiger partial charge in [0.05, 0.1) is 67.2 Å². The number of urea groups is 2. The first-order chi connectivity index (χ1) is 41.3. The van der Waals surface area contributed by atoms with Crippen molar-refractivity contribution in [3.05, 3.63) is 145 Å². The average Bonchev–Trinajstić information content (AvgIpc) is 1.64. The number of rotatable bonds is 8. The fourth-order valence-electron chi connectivity index (χ4n) is 9.77. The molecule has 0 saturated carbocycles. The first kappa shape index (κ1) is 65.0. The molecular formula is C57H54I5N16O6V2. The van der Waals surface area contributed by atoms with Crippen molar-refractivity contribution in [3.8, 4) is 56.5 Å². The molecule has 6 aliphatic rings. The molecule has 6 heterocycles. The van der Waals surface area contributed by atoms with Gasteiger partial charge in [0.1, 0.15) is 11.5 Å². The number of carbonyl (C=O) groups is 4. The molecule has 2 saturated heterocycles. The number of nitrogens with one attached hydrogen (secondary N) is 7. The summed E-state index contributed by atoms with van der Waals surface area (Å²) in [5.74, 6) is -1.32. The van der Waals surface area contributed by atoms with Crippen LogP contribution in [0.1, 0.15) is 20.7 Å². The van der Waals surface area contributed by atoms with E-state index in [-0.39, 0.29) is 22.6 Å². The summed E-state index contributed by atoms with van der Waals surface area (Å²) in [6.45, 7) is 7.87. The molecule has 0 atom stereocenters. The SMILES string of the molecule is CN1CCN(c2ccc(-c3[nH][nH]c4c5cccc(NC(=O)N=NC(=O)c6cccnc6)c5c(O)c3-4)cc2)CC1.O=C(N=NC(=O)c1cccnc1)Nc1cccc2c3[nH][nH]c(-c4ccc(N5CCNCC5)cc4)c-3c(O)c12.[CH2]=[V]([I])([I])[I].[CH2]=[V]([I])[I]. The summed E-state index contributed by atoms with van der Waals surface area (Å²) in [5.41, 5.74) is 9.42. The van der Waals surface area contributed by atoms with Gasteiger partial charge in [-0.15, -0.1) is 10.2 Å². The number of likely N-dealkylation sites (N-methyl/N-ethyl adjacent to an activating group) is 1. The molecule has 86 heavy (non-hydrogen) atoms. The Morgan fingerprint density at radius 3 is 1.34 bits per heavy atom. The van der Waals surface area contributed by atoms with Crippen molar-refractivity contribution in [1.29, 1.82) is 0 Å². The fraction of sp³-hybridized carbons (Fsp3) is 0.158. The zero-order chi connectivity index (χ0) is 61.1. The van der Waals surface area contributed by atoms with Crippen LogP contribution in [-0.2, 0) is 11.2 Å². The first-order valence-corrected chi connectivity index (χ1v) is 50.7. The Labute approximate surface area is 554 Å². The third kappa shape index (κ3) is 16.6. The van der Waals surface area contributed by atoms with E-state index in [2.05, 4.69) is 223 Å². The van der Waals surface area contributed by atoms with Crippen molar-refractivity contribution in [2.45, 2.75) is 0 Å². The number of aromatic hydroxyl groups is 2. The minimum atomic E-state index is -1.22. The first-order valence-electron chi connectivity index (χ1n) is 26.2. The Hall–Kier alpha value is -5.50. The Morgan fingerprint density at radius 1 is 0.570 bits per heavy atom. The third-order valence-electron chi connectivity index (χ3n) is 13.7. The molecular weight excluding hydrogens is 1740 g/mol. The zero-order valence-electron chi connectivity index (χ0n) is 45.6. The van der Waals surface area contributed by atoms with Crippen LogP contribution in [0.15, 0.2) is 154 Å². The monoisotopic (exact) mass is 1790 g/mol. The molecule has 2 aromatic heterocycles. The molecule has 4 aliphatic heterocycles. The quantitative estimate of drug-likeness (QED) is 0.0507. The number of pyridine rings is 2. The number of aromatic amines is 4. The number of halogens is 5. The van der Waals surface area contributed by atoms with Crippen LogP contribution >= 0.6 is 99.9 Å². The Balaban J connectivity index is 0.000000180. The Kier molecular flexibility index (Phi) is 22.8. The van der Waals surface area contributed by atoms with Crippen LogP contribution in [0.2, 0.25) is 0 Å². The molecule has 22 nitrogen and oxygen atoms in total. The van der Waals surface area contributed by atoms with Crippen molar-refractivity contribution in [2.75, 3.05) is 79.8 Å². The van der Waals surface area contributed by atoms with Crippen LogP contribution in [-0.4, -0.2) is 139 Å². The summed E-state index contributed by atoms with van der Waals surface area (Å²) in [6.07, 6.45) is 5.75. The number of hydrogen-bond acceptors (Lipinski definition) is 12. The van der Waals surface area contributed by atoms with E-state index in [1.165, 1.54) is 36.9 Å². The molecule has 2 aliphatic carbocycles. The Morgan fingerprint density at radius 2 is 0.953 bits per heavy atom. The van der Waals surface area contributed by atoms with E-state index >= 15 is 0 Å². The number of H-pyrrole nitrogens is 4. The van der Waals surface area contributed by atoms with E-state index in [0.717, 1.165) is 97.0 Å². The second-order valence-electron chi connectivity index (χ2n) is 19.2. The number of nitrogens with zero attached hydrogens (tertiary/aromatic N) is 9. The summed E-state index contributed by atoms with van der Waals surface area (Å²) < 4.78 is -1.22. The molecule has 0 radical (unpaired) electrons. The topological polar surface area (TPSA) is 293 Å². The molecule has 29 heteroatoms. The van der Waals surface area contributed by atoms with E-state index in [9.17, 15) is 29.4 Å². The molecule has 443 valence electrons. The molecule has 9 N–H and O–H groups in total. The van der Waals surface area contributed by atoms with Gasteiger partial charge >= 0.3 is 134 Å². The number of benzene rings is 4. The van der Waals surface area contributed by atoms with Crippen molar-refractivity contribution in [2.24, 2.45) is 20.5 Å². The van der Waals surface area contributed by atoms with Crippen LogP contribution in [0.5, 0.6) is 11.5 Å². The minimum absolute atomic E-state index is 0.0213. The summed E-state index contributed by atoms with van der Waals surface area (Å²) in [4.78, 5) is 63.9. The van der Waals surface area contributed by atoms with Gasteiger partial charge in [0.2, 0.25) is 0 Å². The van der Waals surface area contributed by atoms with Gasteiger partial charge in [0.15, 0.2) is 0 Å². The van der Waals surface area contributed by atoms with E-state index in [4.69, 9.17) is 0 Å². The number of hydrogen-bond donors (Lipinski definition) is 9. The third-order valence-corrected chi connectivity index (χ3v) is 13.7. The molecule has 0 bridgehead atoms. The van der Waals surface area contributed by atoms with Gasteiger partial charge < -0.3 is 40.9 Å². The van der Waals surface area contributed by atoms with Crippen molar-refractivity contribution >= 4 is 179 Å². The van der Waals surface area contributed by atoms with Gasteiger partial charge in [-0.3, -0.25) is 40.0 Å². The number of carbonyl (C=O) groups excluding carboxylic acids is 4. The number of anilines is 4. The standard InChI is InChI=1S/C28H26N8O3.C27H24N8O3.2CH2.5HI.2V/c1-35-12-14-36(15-13-35)19-9-7-17(8-10-19)24-23-25(32-31-24)20-5-2-6-21(22(20)26(23)37)30-28(39)34-33-27(38)18-4-3-11-29-16-18;36-25-21-19(4-1-5-20(21)30-27(38)34-33-26(37)17-3-2-10-29-15-17)24-22(25)23(31-32-24)16-6-8-18(9-7-16)35-13-11-28-12-14-35;;;;;;;;;/h2-11,16,31-32,37H,12-15H2,1H3,(H,30,39);1-10,15,28,31-32,36H,11-14H2,(H,30,38);2*1H2;5*1H;;/q;;;;;;;;;+2;+3/p-5. The molecule has 6 amide bonds. The number of azo groups is 2. The summed E-state index contributed by atoms with van der Waals surface area (Å²) in [6, 6.07) is 31.6. The number of piperazine rings is 2. The zero-order valence-corrected chi connectivity index (χ0v) is 59.2. The van der Waals surface area contributed by atoms with Gasteiger partial charge in [-0.2, -0.15) is 0 Å². The van der Waals surface area contributed by atoms with Crippen LogP contribution in [0, 0.1) is 0 Å². The normalized spacial score (nSPS) is 13.7. The summed E-state index contributed by atoms with van der Waals surface area (Å²) in [7, 11) is 1.64. The van der Waals surface area contributed by atoms with E-state index < -0.39 is 35.1 Å². The van der Waals surface area contributed by atoms with Crippen LogP contribution in [0.4, 0.5) is 32.3 Å². The second kappa shape index (κ2) is 30.1. The summed E-state index contributed by atoms with van der Waals surface area (Å²) in [5, 5.41) is 67.8. The summed E-state index contributed by atoms with van der Waals surface area (Å²) >= 11 is 12.0. The van der Waals surface area contributed by atoms with Gasteiger partial charge in [-0.05, 0) is 67.7 Å². The molecule has 4 aromatic carbocycles. The maximum atomic E-state index is 12.5. The van der Waals surface area contributed by atoms with E-state index in [0.29, 0.717) is 44.7 Å². The molecule has 0 unspecified atom stereocenters. The van der Waals surface area contributed by atoms with Crippen LogP contribution < -0.4 is 25.8 Å². The fourth-order valence-corrected chi connectivity index (χ4v) is 9.77. The van der Waals surface area contributed by atoms with E-state index in [1.807, 2.05) is 36.4 Å². The molecule has 6 aromatic rings. The van der Waals surface area contributed by atoms with Crippen LogP contribution in [0.3, 0.4) is 0 Å². The van der Waals surface area contributed by atoms with Gasteiger partial charge in [0.25, 0.3) is 11.8 Å². The van der Waals surface area contributed by atoms with Crippen LogP contribution in [0.25, 0.3) is 66.6 Å². The number of fused-ring (bicyclic) bond motifs is 6. The predicted molar refractivity (Wildman–Crippen MR) is 377 cm³/mol. The molecule has 12 rings (SSSR count).